The van der Waals surface area contributed by atoms with Crippen molar-refractivity contribution in [3.05, 3.63) is 59.4 Å². The van der Waals surface area contributed by atoms with Crippen LogP contribution >= 0.6 is 0 Å². The Labute approximate surface area is 148 Å². The topological polar surface area (TPSA) is 54.5 Å². The van der Waals surface area contributed by atoms with Crippen molar-refractivity contribution < 1.29 is 9.53 Å². The van der Waals surface area contributed by atoms with E-state index in [1.54, 1.807) is 11.1 Å². The quantitative estimate of drug-likeness (QED) is 0.932. The van der Waals surface area contributed by atoms with Crippen molar-refractivity contribution in [1.82, 2.24) is 10.3 Å². The Bertz CT molecular complexity index is 763. The van der Waals surface area contributed by atoms with Crippen molar-refractivity contribution in [3.8, 4) is 0 Å². The van der Waals surface area contributed by atoms with Gasteiger partial charge in [0.15, 0.2) is 0 Å². The van der Waals surface area contributed by atoms with Crippen molar-refractivity contribution in [2.24, 2.45) is 0 Å². The molecule has 1 N–H and O–H groups in total. The van der Waals surface area contributed by atoms with Gasteiger partial charge < -0.3 is 15.0 Å². The standard InChI is InChI=1S/C20H23N3O2/c1-23-18-6-4-14(11-15(18)5-7-19(23)24)12-22-17-8-10-25-20(17)16-3-2-9-21-13-16/h2-4,6,9,11,13,17,20,22H,5,7-8,10,12H2,1H3/t17-,20+/m0/s1. The van der Waals surface area contributed by atoms with Gasteiger partial charge >= 0.3 is 0 Å². The number of aryl methyl sites for hydroxylation is 1. The van der Waals surface area contributed by atoms with Crippen LogP contribution in [-0.4, -0.2) is 30.6 Å². The summed E-state index contributed by atoms with van der Waals surface area (Å²) in [5, 5.41) is 3.64. The van der Waals surface area contributed by atoms with Crippen LogP contribution in [-0.2, 0) is 22.5 Å². The molecule has 1 fully saturated rings. The summed E-state index contributed by atoms with van der Waals surface area (Å²) in [6.07, 6.45) is 6.17. The molecular weight excluding hydrogens is 314 g/mol. The van der Waals surface area contributed by atoms with E-state index in [0.717, 1.165) is 37.2 Å². The SMILES string of the molecule is CN1C(=O)CCc2cc(CN[C@H]3CCO[C@@H]3c3cccnc3)ccc21. The van der Waals surface area contributed by atoms with Gasteiger partial charge in [-0.1, -0.05) is 18.2 Å². The number of nitrogens with one attached hydrogen (secondary N) is 1. The molecule has 0 radical (unpaired) electrons. The number of anilines is 1. The van der Waals surface area contributed by atoms with Crippen LogP contribution in [0.25, 0.3) is 0 Å². The zero-order chi connectivity index (χ0) is 17.2. The zero-order valence-corrected chi connectivity index (χ0v) is 14.4. The molecule has 1 saturated heterocycles. The summed E-state index contributed by atoms with van der Waals surface area (Å²) < 4.78 is 5.91. The monoisotopic (exact) mass is 337 g/mol. The summed E-state index contributed by atoms with van der Waals surface area (Å²) in [7, 11) is 1.85. The van der Waals surface area contributed by atoms with E-state index in [2.05, 4.69) is 34.6 Å². The van der Waals surface area contributed by atoms with Gasteiger partial charge in [0.25, 0.3) is 0 Å². The molecule has 0 saturated carbocycles. The molecule has 25 heavy (non-hydrogen) atoms. The van der Waals surface area contributed by atoms with Gasteiger partial charge in [-0.15, -0.1) is 0 Å². The minimum atomic E-state index is 0.0649. The maximum atomic E-state index is 11.8. The molecule has 0 spiro atoms. The van der Waals surface area contributed by atoms with E-state index in [1.807, 2.05) is 19.3 Å². The Hall–Kier alpha value is -2.24. The van der Waals surface area contributed by atoms with E-state index in [1.165, 1.54) is 11.1 Å². The second-order valence-corrected chi connectivity index (χ2v) is 6.77. The Kier molecular flexibility index (Phi) is 4.51. The smallest absolute Gasteiger partial charge is 0.227 e. The lowest BCUT2D eigenvalue weighted by Gasteiger charge is -2.26. The normalized spacial score (nSPS) is 22.9. The van der Waals surface area contributed by atoms with Crippen molar-refractivity contribution in [2.75, 3.05) is 18.6 Å². The van der Waals surface area contributed by atoms with Crippen LogP contribution in [0.2, 0.25) is 0 Å². The molecule has 130 valence electrons. The minimum Gasteiger partial charge on any atom is -0.372 e. The molecule has 2 atom stereocenters. The summed E-state index contributed by atoms with van der Waals surface area (Å²) >= 11 is 0. The second kappa shape index (κ2) is 6.94. The summed E-state index contributed by atoms with van der Waals surface area (Å²) in [5.74, 6) is 0.195. The number of ether oxygens (including phenoxy) is 1. The lowest BCUT2D eigenvalue weighted by Crippen LogP contribution is -2.32. The van der Waals surface area contributed by atoms with Crippen molar-refractivity contribution in [3.63, 3.8) is 0 Å². The number of amides is 1. The van der Waals surface area contributed by atoms with E-state index in [-0.39, 0.29) is 12.0 Å². The molecule has 0 bridgehead atoms. The van der Waals surface area contributed by atoms with Gasteiger partial charge in [-0.3, -0.25) is 9.78 Å². The Balaban J connectivity index is 1.44. The van der Waals surface area contributed by atoms with Crippen LogP contribution in [0.5, 0.6) is 0 Å². The number of carbonyl (C=O) groups excluding carboxylic acids is 1. The maximum Gasteiger partial charge on any atom is 0.227 e. The average molecular weight is 337 g/mol. The van der Waals surface area contributed by atoms with Gasteiger partial charge in [-0.05, 0) is 36.1 Å². The molecule has 3 heterocycles. The molecule has 0 aliphatic carbocycles. The molecule has 4 rings (SSSR count). The number of fused-ring (bicyclic) bond motifs is 1. The number of hydrogen-bond donors (Lipinski definition) is 1. The summed E-state index contributed by atoms with van der Waals surface area (Å²) in [6.45, 7) is 1.57. The lowest BCUT2D eigenvalue weighted by molar-refractivity contribution is -0.118. The van der Waals surface area contributed by atoms with Gasteiger partial charge in [0, 0.05) is 56.3 Å². The molecule has 5 nitrogen and oxygen atoms in total. The molecule has 1 amide bonds. The number of pyridine rings is 1. The van der Waals surface area contributed by atoms with E-state index >= 15 is 0 Å². The van der Waals surface area contributed by atoms with Crippen LogP contribution in [0, 0.1) is 0 Å². The zero-order valence-electron chi connectivity index (χ0n) is 14.4. The highest BCUT2D eigenvalue weighted by atomic mass is 16.5. The first kappa shape index (κ1) is 16.2. The Morgan fingerprint density at radius 3 is 3.08 bits per heavy atom. The van der Waals surface area contributed by atoms with Crippen LogP contribution < -0.4 is 10.2 Å². The highest BCUT2D eigenvalue weighted by Crippen LogP contribution is 2.30. The first-order valence-corrected chi connectivity index (χ1v) is 8.85. The number of hydrogen-bond acceptors (Lipinski definition) is 4. The van der Waals surface area contributed by atoms with Crippen LogP contribution in [0.1, 0.15) is 35.6 Å². The third kappa shape index (κ3) is 3.30. The van der Waals surface area contributed by atoms with Crippen molar-refractivity contribution in [2.45, 2.75) is 38.0 Å². The summed E-state index contributed by atoms with van der Waals surface area (Å²) in [4.78, 5) is 17.8. The maximum absolute atomic E-state index is 11.8. The van der Waals surface area contributed by atoms with Crippen molar-refractivity contribution in [1.29, 1.82) is 0 Å². The first-order chi connectivity index (χ1) is 12.2. The predicted octanol–water partition coefficient (Wildman–Crippen LogP) is 2.61. The summed E-state index contributed by atoms with van der Waals surface area (Å²) in [6, 6.07) is 10.7. The van der Waals surface area contributed by atoms with E-state index in [4.69, 9.17) is 4.74 Å². The molecule has 0 unspecified atom stereocenters. The third-order valence-corrected chi connectivity index (χ3v) is 5.16. The van der Waals surface area contributed by atoms with E-state index < -0.39 is 0 Å². The summed E-state index contributed by atoms with van der Waals surface area (Å²) in [5.41, 5.74) is 4.67. The minimum absolute atomic E-state index is 0.0649. The molecule has 1 aromatic heterocycles. The fourth-order valence-corrected chi connectivity index (χ4v) is 3.74. The lowest BCUT2D eigenvalue weighted by atomic mass is 9.98. The largest absolute Gasteiger partial charge is 0.372 e. The van der Waals surface area contributed by atoms with Gasteiger partial charge in [0.2, 0.25) is 5.91 Å². The fourth-order valence-electron chi connectivity index (χ4n) is 3.74. The molecular formula is C20H23N3O2. The van der Waals surface area contributed by atoms with Crippen LogP contribution in [0.15, 0.2) is 42.7 Å². The van der Waals surface area contributed by atoms with E-state index in [0.29, 0.717) is 12.5 Å². The first-order valence-electron chi connectivity index (χ1n) is 8.85. The van der Waals surface area contributed by atoms with Crippen molar-refractivity contribution >= 4 is 11.6 Å². The molecule has 5 heteroatoms. The number of carbonyl (C=O) groups is 1. The number of rotatable bonds is 4. The van der Waals surface area contributed by atoms with Gasteiger partial charge in [0.1, 0.15) is 0 Å². The second-order valence-electron chi connectivity index (χ2n) is 6.77. The highest BCUT2D eigenvalue weighted by molar-refractivity contribution is 5.95. The Morgan fingerprint density at radius 2 is 2.24 bits per heavy atom. The fraction of sp³-hybridized carbons (Fsp3) is 0.400. The Morgan fingerprint density at radius 1 is 1.32 bits per heavy atom. The predicted molar refractivity (Wildman–Crippen MR) is 96.3 cm³/mol. The van der Waals surface area contributed by atoms with Crippen LogP contribution in [0.3, 0.4) is 0 Å². The molecule has 2 aliphatic rings. The molecule has 2 aliphatic heterocycles. The number of aromatic nitrogens is 1. The number of nitrogens with zero attached hydrogens (tertiary/aromatic N) is 2. The van der Waals surface area contributed by atoms with E-state index in [9.17, 15) is 4.79 Å². The number of benzene rings is 1. The van der Waals surface area contributed by atoms with Crippen LogP contribution in [0.4, 0.5) is 5.69 Å². The molecule has 2 aromatic rings. The van der Waals surface area contributed by atoms with Gasteiger partial charge in [-0.25, -0.2) is 0 Å². The average Bonchev–Trinajstić information content (AvgIpc) is 3.12. The molecule has 1 aromatic carbocycles. The van der Waals surface area contributed by atoms with Gasteiger partial charge in [0.05, 0.1) is 6.10 Å². The highest BCUT2D eigenvalue weighted by Gasteiger charge is 2.29. The van der Waals surface area contributed by atoms with Gasteiger partial charge in [-0.2, -0.15) is 0 Å². The third-order valence-electron chi connectivity index (χ3n) is 5.16.